The van der Waals surface area contributed by atoms with E-state index in [1.165, 1.54) is 70.6 Å². The number of fused-ring (bicyclic) bond motifs is 2. The third-order valence-corrected chi connectivity index (χ3v) is 8.13. The van der Waals surface area contributed by atoms with Crippen molar-refractivity contribution in [1.82, 2.24) is 0 Å². The number of rotatable bonds is 4. The fourth-order valence-corrected chi connectivity index (χ4v) is 7.06. The molecule has 0 radical (unpaired) electrons. The Morgan fingerprint density at radius 1 is 0.963 bits per heavy atom. The molecule has 0 N–H and O–H groups in total. The summed E-state index contributed by atoms with van der Waals surface area (Å²) >= 11 is 0. The van der Waals surface area contributed by atoms with Gasteiger partial charge >= 0.3 is 0 Å². The Hall–Kier alpha value is -1.11. The second-order valence-corrected chi connectivity index (χ2v) is 10.9. The first-order valence-electron chi connectivity index (χ1n) is 11.5. The van der Waals surface area contributed by atoms with Crippen LogP contribution < -0.4 is 0 Å². The van der Waals surface area contributed by atoms with E-state index in [9.17, 15) is 0 Å². The molecule has 2 bridgehead atoms. The van der Waals surface area contributed by atoms with Gasteiger partial charge in [0.2, 0.25) is 0 Å². The summed E-state index contributed by atoms with van der Waals surface area (Å²) in [6.07, 6.45) is 17.3. The second kappa shape index (κ2) is 7.37. The Bertz CT molecular complexity index is 658. The van der Waals surface area contributed by atoms with Gasteiger partial charge < -0.3 is 0 Å². The Morgan fingerprint density at radius 2 is 1.70 bits per heavy atom. The summed E-state index contributed by atoms with van der Waals surface area (Å²) in [6.45, 7) is 7.47. The van der Waals surface area contributed by atoms with E-state index in [-0.39, 0.29) is 5.41 Å². The highest BCUT2D eigenvalue weighted by molar-refractivity contribution is 5.66. The van der Waals surface area contributed by atoms with Crippen LogP contribution in [0.15, 0.2) is 35.3 Å². The van der Waals surface area contributed by atoms with E-state index in [2.05, 4.69) is 57.3 Å². The summed E-state index contributed by atoms with van der Waals surface area (Å²) in [6, 6.07) is 12.1. The molecule has 1 heteroatoms. The average Bonchev–Trinajstić information content (AvgIpc) is 2.67. The van der Waals surface area contributed by atoms with Crippen LogP contribution >= 0.6 is 0 Å². The van der Waals surface area contributed by atoms with E-state index in [1.54, 1.807) is 5.56 Å². The van der Waals surface area contributed by atoms with Crippen molar-refractivity contribution in [3.8, 4) is 0 Å². The molecule has 1 nitrogen and oxygen atoms in total. The van der Waals surface area contributed by atoms with Gasteiger partial charge in [-0.15, -0.1) is 0 Å². The third kappa shape index (κ3) is 4.03. The summed E-state index contributed by atoms with van der Waals surface area (Å²) in [5, 5.41) is 0. The summed E-state index contributed by atoms with van der Waals surface area (Å²) < 4.78 is 0. The molecule has 148 valence electrons. The monoisotopic (exact) mass is 365 g/mol. The minimum absolute atomic E-state index is 0.269. The molecule has 27 heavy (non-hydrogen) atoms. The number of aliphatic imine (C=N–C) groups is 1. The van der Waals surface area contributed by atoms with Gasteiger partial charge in [-0.25, -0.2) is 0 Å². The van der Waals surface area contributed by atoms with Crippen molar-refractivity contribution < 1.29 is 0 Å². The lowest BCUT2D eigenvalue weighted by molar-refractivity contribution is 0.00346. The van der Waals surface area contributed by atoms with Crippen LogP contribution in [-0.4, -0.2) is 12.3 Å². The van der Waals surface area contributed by atoms with Crippen LogP contribution in [0.25, 0.3) is 0 Å². The van der Waals surface area contributed by atoms with E-state index in [1.807, 2.05) is 0 Å². The van der Waals surface area contributed by atoms with Gasteiger partial charge in [0.1, 0.15) is 0 Å². The molecule has 4 rings (SSSR count). The van der Waals surface area contributed by atoms with Crippen molar-refractivity contribution in [1.29, 1.82) is 0 Å². The van der Waals surface area contributed by atoms with Gasteiger partial charge in [-0.3, -0.25) is 4.99 Å². The maximum Gasteiger partial charge on any atom is 0.0496 e. The van der Waals surface area contributed by atoms with Crippen molar-refractivity contribution in [2.45, 2.75) is 103 Å². The average molecular weight is 366 g/mol. The van der Waals surface area contributed by atoms with Gasteiger partial charge in [-0.2, -0.15) is 0 Å². The zero-order valence-electron chi connectivity index (χ0n) is 17.8. The van der Waals surface area contributed by atoms with Gasteiger partial charge in [0.05, 0.1) is 0 Å². The standard InChI is InChI=1S/C26H39N/c1-4-24(2)15-21-16-25(3,20-27-23-13-9-6-10-14-23)19-26(17-21,18-24)22-11-7-5-8-12-22/h5,7-8,11-12,20-21,23H,4,6,9-10,13-19H2,1-3H3. The molecular weight excluding hydrogens is 326 g/mol. The first kappa shape index (κ1) is 19.2. The summed E-state index contributed by atoms with van der Waals surface area (Å²) in [5.74, 6) is 0.848. The molecule has 3 saturated carbocycles. The van der Waals surface area contributed by atoms with Crippen LogP contribution in [0.5, 0.6) is 0 Å². The molecule has 0 aromatic heterocycles. The van der Waals surface area contributed by atoms with Crippen LogP contribution in [0, 0.1) is 16.7 Å². The lowest BCUT2D eigenvalue weighted by Crippen LogP contribution is -2.50. The van der Waals surface area contributed by atoms with Crippen LogP contribution in [0.2, 0.25) is 0 Å². The predicted molar refractivity (Wildman–Crippen MR) is 117 cm³/mol. The normalized spacial score (nSPS) is 40.3. The number of hydrogen-bond acceptors (Lipinski definition) is 1. The quantitative estimate of drug-likeness (QED) is 0.495. The summed E-state index contributed by atoms with van der Waals surface area (Å²) in [7, 11) is 0. The summed E-state index contributed by atoms with van der Waals surface area (Å²) in [5.41, 5.74) is 2.71. The molecule has 1 aromatic rings. The minimum Gasteiger partial charge on any atom is -0.294 e. The Balaban J connectivity index is 1.63. The molecule has 4 unspecified atom stereocenters. The van der Waals surface area contributed by atoms with Crippen molar-refractivity contribution in [3.05, 3.63) is 35.9 Å². The largest absolute Gasteiger partial charge is 0.294 e. The molecule has 0 heterocycles. The summed E-state index contributed by atoms with van der Waals surface area (Å²) in [4.78, 5) is 5.16. The van der Waals surface area contributed by atoms with Gasteiger partial charge in [-0.05, 0) is 67.3 Å². The van der Waals surface area contributed by atoms with Crippen LogP contribution in [0.3, 0.4) is 0 Å². The van der Waals surface area contributed by atoms with Gasteiger partial charge in [0, 0.05) is 17.7 Å². The van der Waals surface area contributed by atoms with Crippen LogP contribution in [0.4, 0.5) is 0 Å². The number of hydrogen-bond donors (Lipinski definition) is 0. The predicted octanol–water partition coefficient (Wildman–Crippen LogP) is 7.34. The topological polar surface area (TPSA) is 12.4 Å². The molecule has 0 saturated heterocycles. The molecule has 0 amide bonds. The van der Waals surface area contributed by atoms with Crippen LogP contribution in [-0.2, 0) is 5.41 Å². The van der Waals surface area contributed by atoms with E-state index < -0.39 is 0 Å². The van der Waals surface area contributed by atoms with Gasteiger partial charge in [-0.1, -0.05) is 76.8 Å². The van der Waals surface area contributed by atoms with Gasteiger partial charge in [0.25, 0.3) is 0 Å². The molecule has 1 aromatic carbocycles. The zero-order chi connectivity index (χ0) is 19.0. The fraction of sp³-hybridized carbons (Fsp3) is 0.731. The maximum absolute atomic E-state index is 5.16. The molecule has 0 aliphatic heterocycles. The Morgan fingerprint density at radius 3 is 2.41 bits per heavy atom. The minimum atomic E-state index is 0.269. The SMILES string of the molecule is CCC1(C)CC2CC(C)(C=NC3CCCCC3)CC(c3ccccc3)(C2)C1. The first-order valence-corrected chi connectivity index (χ1v) is 11.5. The van der Waals surface area contributed by atoms with Gasteiger partial charge in [0.15, 0.2) is 0 Å². The Kier molecular flexibility index (Phi) is 5.25. The van der Waals surface area contributed by atoms with Crippen molar-refractivity contribution >= 4 is 6.21 Å². The smallest absolute Gasteiger partial charge is 0.0496 e. The van der Waals surface area contributed by atoms with E-state index >= 15 is 0 Å². The molecular formula is C26H39N. The zero-order valence-corrected chi connectivity index (χ0v) is 17.8. The fourth-order valence-electron chi connectivity index (χ4n) is 7.06. The Labute approximate surface area is 167 Å². The number of nitrogens with zero attached hydrogens (tertiary/aromatic N) is 1. The molecule has 0 spiro atoms. The van der Waals surface area contributed by atoms with Crippen molar-refractivity contribution in [2.75, 3.05) is 0 Å². The van der Waals surface area contributed by atoms with E-state index in [4.69, 9.17) is 4.99 Å². The molecule has 3 aliphatic carbocycles. The van der Waals surface area contributed by atoms with E-state index in [0.717, 1.165) is 5.92 Å². The van der Waals surface area contributed by atoms with Crippen molar-refractivity contribution in [2.24, 2.45) is 21.7 Å². The van der Waals surface area contributed by atoms with Crippen molar-refractivity contribution in [3.63, 3.8) is 0 Å². The lowest BCUT2D eigenvalue weighted by atomic mass is 9.47. The third-order valence-electron chi connectivity index (χ3n) is 8.13. The maximum atomic E-state index is 5.16. The highest BCUT2D eigenvalue weighted by Crippen LogP contribution is 2.61. The molecule has 3 aliphatic rings. The highest BCUT2D eigenvalue weighted by atomic mass is 14.8. The van der Waals surface area contributed by atoms with Crippen LogP contribution in [0.1, 0.15) is 97.0 Å². The highest BCUT2D eigenvalue weighted by Gasteiger charge is 2.53. The lowest BCUT2D eigenvalue weighted by Gasteiger charge is -2.57. The first-order chi connectivity index (χ1) is 12.9. The molecule has 3 fully saturated rings. The molecule has 4 atom stereocenters. The van der Waals surface area contributed by atoms with E-state index in [0.29, 0.717) is 16.9 Å². The number of benzene rings is 1. The second-order valence-electron chi connectivity index (χ2n) is 10.9.